The summed E-state index contributed by atoms with van der Waals surface area (Å²) in [5.41, 5.74) is 0.492. The van der Waals surface area contributed by atoms with Crippen molar-refractivity contribution in [2.75, 3.05) is 19.5 Å². The van der Waals surface area contributed by atoms with E-state index in [2.05, 4.69) is 21.2 Å². The van der Waals surface area contributed by atoms with E-state index >= 15 is 0 Å². The maximum absolute atomic E-state index is 13.7. The van der Waals surface area contributed by atoms with Crippen LogP contribution in [0.1, 0.15) is 12.5 Å². The minimum Gasteiger partial charge on any atom is -0.496 e. The lowest BCUT2D eigenvalue weighted by atomic mass is 10.1. The van der Waals surface area contributed by atoms with Gasteiger partial charge in [-0.05, 0) is 37.3 Å². The molecule has 2 aromatic carbocycles. The van der Waals surface area contributed by atoms with Crippen LogP contribution in [-0.4, -0.2) is 26.1 Å². The van der Waals surface area contributed by atoms with Crippen LogP contribution >= 0.6 is 15.9 Å². The van der Waals surface area contributed by atoms with Crippen LogP contribution in [-0.2, 0) is 11.3 Å². The van der Waals surface area contributed by atoms with Crippen molar-refractivity contribution in [2.45, 2.75) is 19.5 Å². The SMILES string of the molecule is COc1ccc(Br)cc1C[NH+](C)[C@H](C)C(=O)Nc1ccc(F)c(F)c1F. The third-order valence-corrected chi connectivity index (χ3v) is 4.63. The number of likely N-dealkylation sites (N-methyl/N-ethyl adjacent to an activating group) is 1. The van der Waals surface area contributed by atoms with Gasteiger partial charge in [0.05, 0.1) is 19.8 Å². The van der Waals surface area contributed by atoms with Crippen LogP contribution in [0.2, 0.25) is 0 Å². The topological polar surface area (TPSA) is 42.8 Å². The monoisotopic (exact) mass is 431 g/mol. The highest BCUT2D eigenvalue weighted by Gasteiger charge is 2.25. The summed E-state index contributed by atoms with van der Waals surface area (Å²) in [6.07, 6.45) is 0. The number of hydrogen-bond acceptors (Lipinski definition) is 2. The average molecular weight is 432 g/mol. The first-order valence-electron chi connectivity index (χ1n) is 7.83. The number of rotatable bonds is 6. The molecule has 0 aliphatic carbocycles. The van der Waals surface area contributed by atoms with Crippen molar-refractivity contribution in [1.29, 1.82) is 0 Å². The van der Waals surface area contributed by atoms with Gasteiger partial charge in [-0.2, -0.15) is 0 Å². The summed E-state index contributed by atoms with van der Waals surface area (Å²) < 4.78 is 46.2. The molecule has 0 heterocycles. The second kappa shape index (κ2) is 8.55. The number of ether oxygens (including phenoxy) is 1. The Balaban J connectivity index is 2.11. The van der Waals surface area contributed by atoms with E-state index < -0.39 is 35.1 Å². The third-order valence-electron chi connectivity index (χ3n) is 4.14. The second-order valence-corrected chi connectivity index (χ2v) is 6.83. The molecule has 0 saturated heterocycles. The van der Waals surface area contributed by atoms with Crippen LogP contribution in [0.5, 0.6) is 5.75 Å². The van der Waals surface area contributed by atoms with Gasteiger partial charge in [0.1, 0.15) is 12.3 Å². The zero-order chi connectivity index (χ0) is 19.4. The summed E-state index contributed by atoms with van der Waals surface area (Å²) in [6.45, 7) is 2.13. The first kappa shape index (κ1) is 20.3. The smallest absolute Gasteiger partial charge is 0.282 e. The summed E-state index contributed by atoms with van der Waals surface area (Å²) in [7, 11) is 3.36. The number of quaternary nitrogens is 1. The number of amides is 1. The number of benzene rings is 2. The summed E-state index contributed by atoms with van der Waals surface area (Å²) in [5, 5.41) is 2.30. The van der Waals surface area contributed by atoms with Crippen molar-refractivity contribution in [3.63, 3.8) is 0 Å². The lowest BCUT2D eigenvalue weighted by Gasteiger charge is -2.22. The molecular weight excluding hydrogens is 413 g/mol. The normalized spacial score (nSPS) is 13.2. The lowest BCUT2D eigenvalue weighted by Crippen LogP contribution is -3.12. The van der Waals surface area contributed by atoms with E-state index in [4.69, 9.17) is 4.74 Å². The molecule has 0 radical (unpaired) electrons. The summed E-state index contributed by atoms with van der Waals surface area (Å²) in [6, 6.07) is 6.73. The molecule has 0 bridgehead atoms. The number of anilines is 1. The highest BCUT2D eigenvalue weighted by molar-refractivity contribution is 9.10. The Labute approximate surface area is 158 Å². The van der Waals surface area contributed by atoms with E-state index in [1.54, 1.807) is 21.1 Å². The largest absolute Gasteiger partial charge is 0.496 e. The Bertz CT molecular complexity index is 817. The molecule has 0 aromatic heterocycles. The van der Waals surface area contributed by atoms with Crippen molar-refractivity contribution >= 4 is 27.5 Å². The molecule has 2 atom stereocenters. The molecule has 1 unspecified atom stereocenters. The number of nitrogens with one attached hydrogen (secondary N) is 2. The molecule has 1 amide bonds. The summed E-state index contributed by atoms with van der Waals surface area (Å²) in [4.78, 5) is 13.2. The predicted octanol–water partition coefficient (Wildman–Crippen LogP) is 2.92. The van der Waals surface area contributed by atoms with Gasteiger partial charge in [0.2, 0.25) is 0 Å². The molecule has 0 fully saturated rings. The highest BCUT2D eigenvalue weighted by Crippen LogP contribution is 2.22. The minimum atomic E-state index is -1.62. The molecule has 26 heavy (non-hydrogen) atoms. The van der Waals surface area contributed by atoms with Crippen molar-refractivity contribution < 1.29 is 27.6 Å². The van der Waals surface area contributed by atoms with Gasteiger partial charge < -0.3 is 15.0 Å². The third kappa shape index (κ3) is 4.56. The van der Waals surface area contributed by atoms with E-state index in [1.807, 2.05) is 18.2 Å². The highest BCUT2D eigenvalue weighted by atomic mass is 79.9. The molecule has 0 aliphatic heterocycles. The second-order valence-electron chi connectivity index (χ2n) is 5.91. The van der Waals surface area contributed by atoms with Crippen molar-refractivity contribution in [2.24, 2.45) is 0 Å². The Hall–Kier alpha value is -2.06. The molecule has 0 spiro atoms. The lowest BCUT2D eigenvalue weighted by molar-refractivity contribution is -0.907. The number of methoxy groups -OCH3 is 1. The Morgan fingerprint density at radius 2 is 1.92 bits per heavy atom. The number of carbonyl (C=O) groups excluding carboxylic acids is 1. The molecule has 2 aromatic rings. The van der Waals surface area contributed by atoms with Gasteiger partial charge in [-0.25, -0.2) is 13.2 Å². The Morgan fingerprint density at radius 3 is 2.58 bits per heavy atom. The number of carbonyl (C=O) groups is 1. The van der Waals surface area contributed by atoms with Crippen LogP contribution < -0.4 is 15.0 Å². The minimum absolute atomic E-state index is 0.395. The van der Waals surface area contributed by atoms with Gasteiger partial charge >= 0.3 is 0 Å². The van der Waals surface area contributed by atoms with Crippen molar-refractivity contribution in [3.8, 4) is 5.75 Å². The number of halogens is 4. The van der Waals surface area contributed by atoms with Crippen LogP contribution in [0.25, 0.3) is 0 Å². The maximum atomic E-state index is 13.7. The first-order valence-corrected chi connectivity index (χ1v) is 8.63. The Morgan fingerprint density at radius 1 is 1.23 bits per heavy atom. The van der Waals surface area contributed by atoms with E-state index in [1.165, 1.54) is 0 Å². The van der Waals surface area contributed by atoms with Gasteiger partial charge in [0.15, 0.2) is 23.5 Å². The van der Waals surface area contributed by atoms with Crippen molar-refractivity contribution in [3.05, 3.63) is 57.8 Å². The van der Waals surface area contributed by atoms with Gasteiger partial charge in [-0.1, -0.05) is 15.9 Å². The standard InChI is InChI=1S/C18H18BrF3N2O2/c1-10(18(25)23-14-6-5-13(20)16(21)17(14)22)24(2)9-11-8-12(19)4-7-15(11)26-3/h4-8,10H,9H2,1-3H3,(H,23,25)/p+1/t10-/m1/s1. The Kier molecular flexibility index (Phi) is 6.66. The van der Waals surface area contributed by atoms with E-state index in [0.717, 1.165) is 27.1 Å². The fourth-order valence-electron chi connectivity index (χ4n) is 2.43. The van der Waals surface area contributed by atoms with Crippen LogP contribution in [0, 0.1) is 17.5 Å². The van der Waals surface area contributed by atoms with Gasteiger partial charge in [0, 0.05) is 10.0 Å². The zero-order valence-electron chi connectivity index (χ0n) is 14.5. The molecule has 2 rings (SSSR count). The maximum Gasteiger partial charge on any atom is 0.282 e. The van der Waals surface area contributed by atoms with Crippen molar-refractivity contribution in [1.82, 2.24) is 0 Å². The first-order chi connectivity index (χ1) is 12.2. The van der Waals surface area contributed by atoms with Crippen LogP contribution in [0.4, 0.5) is 18.9 Å². The fourth-order valence-corrected chi connectivity index (χ4v) is 2.83. The van der Waals surface area contributed by atoms with E-state index in [-0.39, 0.29) is 0 Å². The fraction of sp³-hybridized carbons (Fsp3) is 0.278. The zero-order valence-corrected chi connectivity index (χ0v) is 16.1. The molecule has 140 valence electrons. The quantitative estimate of drug-likeness (QED) is 0.690. The number of hydrogen-bond donors (Lipinski definition) is 2. The summed E-state index contributed by atoms with van der Waals surface area (Å²) in [5.74, 6) is -4.17. The molecule has 4 nitrogen and oxygen atoms in total. The van der Waals surface area contributed by atoms with Gasteiger partial charge in [0.25, 0.3) is 5.91 Å². The molecule has 8 heteroatoms. The van der Waals surface area contributed by atoms with Gasteiger partial charge in [-0.15, -0.1) is 0 Å². The molecule has 2 N–H and O–H groups in total. The molecule has 0 aliphatic rings. The molecular formula is C18H19BrF3N2O2+. The predicted molar refractivity (Wildman–Crippen MR) is 95.7 cm³/mol. The molecule has 0 saturated carbocycles. The van der Waals surface area contributed by atoms with E-state index in [9.17, 15) is 18.0 Å². The van der Waals surface area contributed by atoms with E-state index in [0.29, 0.717) is 12.3 Å². The average Bonchev–Trinajstić information content (AvgIpc) is 2.61. The van der Waals surface area contributed by atoms with Crippen LogP contribution in [0.3, 0.4) is 0 Å². The van der Waals surface area contributed by atoms with Crippen LogP contribution in [0.15, 0.2) is 34.8 Å². The van der Waals surface area contributed by atoms with Gasteiger partial charge in [-0.3, -0.25) is 4.79 Å². The summed E-state index contributed by atoms with van der Waals surface area (Å²) >= 11 is 3.39.